The molecule has 12 heteroatoms. The number of halogens is 1. The lowest BCUT2D eigenvalue weighted by Crippen LogP contribution is -2.33. The van der Waals surface area contributed by atoms with Gasteiger partial charge in [0.05, 0.1) is 36.5 Å². The number of thiazole rings is 1. The second kappa shape index (κ2) is 11.1. The van der Waals surface area contributed by atoms with Crippen molar-refractivity contribution in [2.75, 3.05) is 19.7 Å². The third-order valence-corrected chi connectivity index (χ3v) is 7.83. The van der Waals surface area contributed by atoms with Gasteiger partial charge in [-0.2, -0.15) is 5.26 Å². The van der Waals surface area contributed by atoms with Gasteiger partial charge < -0.3 is 19.1 Å². The summed E-state index contributed by atoms with van der Waals surface area (Å²) in [6, 6.07) is 9.42. The van der Waals surface area contributed by atoms with Crippen LogP contribution >= 0.6 is 11.3 Å². The molecule has 1 fully saturated rings. The average molecular weight is 561 g/mol. The van der Waals surface area contributed by atoms with Crippen LogP contribution in [0.4, 0.5) is 4.39 Å². The molecule has 6 rings (SSSR count). The first kappa shape index (κ1) is 26.1. The number of aromatic carboxylic acids is 1. The molecular formula is C28H25FN6O4S. The van der Waals surface area contributed by atoms with Gasteiger partial charge in [0.25, 0.3) is 5.19 Å². The van der Waals surface area contributed by atoms with Gasteiger partial charge in [-0.3, -0.25) is 4.90 Å². The number of nitrogens with zero attached hydrogens (tertiary/aromatic N) is 6. The van der Waals surface area contributed by atoms with Gasteiger partial charge in [0, 0.05) is 30.6 Å². The van der Waals surface area contributed by atoms with Crippen molar-refractivity contribution in [1.82, 2.24) is 24.4 Å². The number of aromatic nitrogens is 4. The summed E-state index contributed by atoms with van der Waals surface area (Å²) >= 11 is 1.36. The van der Waals surface area contributed by atoms with E-state index in [9.17, 15) is 14.3 Å². The maximum Gasteiger partial charge on any atom is 0.354 e. The molecule has 0 unspecified atom stereocenters. The number of pyridine rings is 1. The highest BCUT2D eigenvalue weighted by atomic mass is 32.1. The van der Waals surface area contributed by atoms with E-state index in [1.54, 1.807) is 18.2 Å². The third-order valence-electron chi connectivity index (χ3n) is 7.07. The number of nitriles is 1. The molecule has 204 valence electrons. The van der Waals surface area contributed by atoms with E-state index in [1.165, 1.54) is 23.5 Å². The summed E-state index contributed by atoms with van der Waals surface area (Å²) in [4.78, 5) is 27.5. The molecule has 0 aliphatic carbocycles. The second-order valence-electron chi connectivity index (χ2n) is 9.68. The van der Waals surface area contributed by atoms with E-state index in [4.69, 9.17) is 19.7 Å². The van der Waals surface area contributed by atoms with Gasteiger partial charge in [-0.15, -0.1) is 0 Å². The van der Waals surface area contributed by atoms with Crippen LogP contribution in [0.25, 0.3) is 16.7 Å². The van der Waals surface area contributed by atoms with E-state index in [0.29, 0.717) is 41.6 Å². The zero-order valence-electron chi connectivity index (χ0n) is 21.4. The van der Waals surface area contributed by atoms with Gasteiger partial charge in [-0.05, 0) is 42.7 Å². The van der Waals surface area contributed by atoms with Crippen LogP contribution in [0.3, 0.4) is 0 Å². The van der Waals surface area contributed by atoms with Crippen molar-refractivity contribution in [2.24, 2.45) is 0 Å². The summed E-state index contributed by atoms with van der Waals surface area (Å²) in [5.41, 5.74) is 3.83. The molecule has 0 amide bonds. The van der Waals surface area contributed by atoms with Crippen LogP contribution < -0.4 is 4.74 Å². The van der Waals surface area contributed by atoms with Crippen molar-refractivity contribution < 1.29 is 23.8 Å². The molecule has 0 spiro atoms. The fraction of sp³-hybridized carbons (Fsp3) is 0.321. The maximum atomic E-state index is 14.1. The molecule has 3 aromatic heterocycles. The summed E-state index contributed by atoms with van der Waals surface area (Å²) < 4.78 is 27.5. The summed E-state index contributed by atoms with van der Waals surface area (Å²) in [6.45, 7) is 3.45. The topological polar surface area (TPSA) is 126 Å². The van der Waals surface area contributed by atoms with E-state index in [-0.39, 0.29) is 24.0 Å². The maximum absolute atomic E-state index is 14.1. The highest BCUT2D eigenvalue weighted by molar-refractivity contribution is 7.11. The van der Waals surface area contributed by atoms with Crippen LogP contribution in [0.5, 0.6) is 5.19 Å². The van der Waals surface area contributed by atoms with Crippen LogP contribution in [-0.4, -0.2) is 61.3 Å². The van der Waals surface area contributed by atoms with Crippen molar-refractivity contribution in [1.29, 1.82) is 5.26 Å². The van der Waals surface area contributed by atoms with Crippen LogP contribution in [0.15, 0.2) is 41.8 Å². The van der Waals surface area contributed by atoms with Crippen LogP contribution in [0.1, 0.15) is 46.0 Å². The molecule has 0 bridgehead atoms. The zero-order chi connectivity index (χ0) is 27.6. The van der Waals surface area contributed by atoms with E-state index < -0.39 is 11.8 Å². The summed E-state index contributed by atoms with van der Waals surface area (Å²) in [5, 5.41) is 20.7. The molecule has 1 aromatic carbocycles. The average Bonchev–Trinajstić information content (AvgIpc) is 3.54. The first-order valence-electron chi connectivity index (χ1n) is 12.9. The largest absolute Gasteiger partial charge is 0.477 e. The van der Waals surface area contributed by atoms with Crippen LogP contribution in [0.2, 0.25) is 0 Å². The van der Waals surface area contributed by atoms with E-state index in [1.807, 2.05) is 16.0 Å². The number of carbonyl (C=O) groups is 1. The number of hydrogen-bond acceptors (Lipinski definition) is 9. The lowest BCUT2D eigenvalue weighted by Gasteiger charge is -2.29. The molecular weight excluding hydrogens is 535 g/mol. The predicted molar refractivity (Wildman–Crippen MR) is 144 cm³/mol. The normalized spacial score (nSPS) is 17.3. The van der Waals surface area contributed by atoms with Gasteiger partial charge in [-0.25, -0.2) is 24.1 Å². The summed E-state index contributed by atoms with van der Waals surface area (Å²) in [5.74, 6) is -0.712. The molecule has 1 N–H and O–H groups in total. The highest BCUT2D eigenvalue weighted by Gasteiger charge is 2.25. The van der Waals surface area contributed by atoms with Crippen LogP contribution in [0, 0.1) is 17.1 Å². The number of hydrogen-bond donors (Lipinski definition) is 1. The SMILES string of the molecule is N#Cc1ccc(COc2nc(C3=CCN(Cc4nc5ccc(C(=O)O)nc5n4C[C@@H]4CCO4)CC3)cs2)c(F)c1. The predicted octanol–water partition coefficient (Wildman–Crippen LogP) is 4.25. The van der Waals surface area contributed by atoms with Crippen LogP contribution in [-0.2, 0) is 24.4 Å². The molecule has 2 aliphatic heterocycles. The molecule has 10 nitrogen and oxygen atoms in total. The second-order valence-corrected chi connectivity index (χ2v) is 10.5. The van der Waals surface area contributed by atoms with Crippen molar-refractivity contribution in [2.45, 2.75) is 38.6 Å². The van der Waals surface area contributed by atoms with Gasteiger partial charge >= 0.3 is 5.97 Å². The first-order chi connectivity index (χ1) is 19.5. The number of fused-ring (bicyclic) bond motifs is 1. The smallest absolute Gasteiger partial charge is 0.354 e. The first-order valence-corrected chi connectivity index (χ1v) is 13.7. The van der Waals surface area contributed by atoms with Crippen molar-refractivity contribution in [3.63, 3.8) is 0 Å². The molecule has 40 heavy (non-hydrogen) atoms. The fourth-order valence-electron chi connectivity index (χ4n) is 4.74. The minimum Gasteiger partial charge on any atom is -0.477 e. The minimum absolute atomic E-state index is 0.00562. The Morgan fingerprint density at radius 3 is 2.85 bits per heavy atom. The Labute approximate surface area is 232 Å². The number of carboxylic acid groups (broad SMARTS) is 1. The molecule has 0 saturated carbocycles. The fourth-order valence-corrected chi connectivity index (χ4v) is 5.44. The molecule has 2 aliphatic rings. The quantitative estimate of drug-likeness (QED) is 0.320. The van der Waals surface area contributed by atoms with E-state index >= 15 is 0 Å². The monoisotopic (exact) mass is 560 g/mol. The molecule has 0 radical (unpaired) electrons. The van der Waals surface area contributed by atoms with Crippen molar-refractivity contribution >= 4 is 34.0 Å². The van der Waals surface area contributed by atoms with Gasteiger partial charge in [0.15, 0.2) is 11.3 Å². The minimum atomic E-state index is -1.07. The van der Waals surface area contributed by atoms with Gasteiger partial charge in [0.1, 0.15) is 23.8 Å². The van der Waals surface area contributed by atoms with Crippen molar-refractivity contribution in [3.8, 4) is 11.3 Å². The van der Waals surface area contributed by atoms with Gasteiger partial charge in [-0.1, -0.05) is 23.5 Å². The third kappa shape index (κ3) is 5.44. The Balaban J connectivity index is 1.12. The summed E-state index contributed by atoms with van der Waals surface area (Å²) in [7, 11) is 0. The molecule has 4 aromatic rings. The Morgan fingerprint density at radius 1 is 1.27 bits per heavy atom. The standard InChI is InChI=1S/C28H25FN6O4S/c29-21-11-17(12-30)1-2-19(21)15-39-28-33-24(16-40-28)18-5-8-34(9-6-18)14-25-31-22-3-4-23(27(36)37)32-26(22)35(25)13-20-7-10-38-20/h1-5,11,16,20H,6-10,13-15H2,(H,36,37)/t20-/m0/s1. The van der Waals surface area contributed by atoms with Gasteiger partial charge in [0.2, 0.25) is 0 Å². The summed E-state index contributed by atoms with van der Waals surface area (Å²) in [6.07, 6.45) is 3.97. The van der Waals surface area contributed by atoms with Crippen molar-refractivity contribution in [3.05, 3.63) is 75.9 Å². The lowest BCUT2D eigenvalue weighted by molar-refractivity contribution is -0.0592. The lowest BCUT2D eigenvalue weighted by atomic mass is 10.1. The zero-order valence-corrected chi connectivity index (χ0v) is 22.2. The van der Waals surface area contributed by atoms with E-state index in [0.717, 1.165) is 43.1 Å². The highest BCUT2D eigenvalue weighted by Crippen LogP contribution is 2.29. The Bertz CT molecular complexity index is 1650. The number of rotatable bonds is 9. The Kier molecular flexibility index (Phi) is 7.25. The molecule has 1 atom stereocenters. The Hall–Kier alpha value is -4.18. The Morgan fingerprint density at radius 2 is 2.15 bits per heavy atom. The number of carboxylic acids is 1. The molecule has 1 saturated heterocycles. The number of benzene rings is 1. The molecule has 5 heterocycles. The number of ether oxygens (including phenoxy) is 2. The number of imidazole rings is 1. The van der Waals surface area contributed by atoms with E-state index in [2.05, 4.69) is 20.9 Å².